The molecule has 0 aliphatic carbocycles. The molecule has 0 spiro atoms. The van der Waals surface area contributed by atoms with Gasteiger partial charge in [0.1, 0.15) is 0 Å². The van der Waals surface area contributed by atoms with Crippen LogP contribution >= 0.6 is 11.8 Å². The zero-order chi connectivity index (χ0) is 19.6. The normalized spacial score (nSPS) is 13.8. The lowest BCUT2D eigenvalue weighted by Gasteiger charge is -2.15. The maximum absolute atomic E-state index is 12.8. The summed E-state index contributed by atoms with van der Waals surface area (Å²) in [6, 6.07) is 13.0. The van der Waals surface area contributed by atoms with Crippen molar-refractivity contribution in [3.63, 3.8) is 0 Å². The highest BCUT2D eigenvalue weighted by molar-refractivity contribution is 8.00. The summed E-state index contributed by atoms with van der Waals surface area (Å²) < 4.78 is 0. The Bertz CT molecular complexity index is 893. The summed E-state index contributed by atoms with van der Waals surface area (Å²) in [5.74, 6) is -0.0200. The van der Waals surface area contributed by atoms with E-state index in [4.69, 9.17) is 0 Å². The molecule has 2 amide bonds. The lowest BCUT2D eigenvalue weighted by atomic mass is 10.0. The Morgan fingerprint density at radius 3 is 2.41 bits per heavy atom. The lowest BCUT2D eigenvalue weighted by Crippen LogP contribution is -2.25. The summed E-state index contributed by atoms with van der Waals surface area (Å²) in [6.07, 6.45) is 0.780. The molecule has 1 unspecified atom stereocenters. The predicted octanol–water partition coefficient (Wildman–Crippen LogP) is 3.92. The van der Waals surface area contributed by atoms with Crippen LogP contribution in [-0.2, 0) is 16.0 Å². The Kier molecular flexibility index (Phi) is 5.65. The van der Waals surface area contributed by atoms with Crippen LogP contribution in [0.2, 0.25) is 0 Å². The molecule has 6 heteroatoms. The molecule has 27 heavy (non-hydrogen) atoms. The summed E-state index contributed by atoms with van der Waals surface area (Å²) in [4.78, 5) is 38.3. The number of ketones is 1. The first-order valence-electron chi connectivity index (χ1n) is 8.84. The second-order valence-corrected chi connectivity index (χ2v) is 8.01. The van der Waals surface area contributed by atoms with Gasteiger partial charge in [-0.2, -0.15) is 0 Å². The van der Waals surface area contributed by atoms with E-state index in [0.717, 1.165) is 28.3 Å². The first kappa shape index (κ1) is 19.2. The smallest absolute Gasteiger partial charge is 0.223 e. The van der Waals surface area contributed by atoms with Gasteiger partial charge in [0, 0.05) is 42.2 Å². The molecule has 0 aromatic heterocycles. The number of nitrogens with zero attached hydrogens (tertiary/aromatic N) is 1. The molecule has 5 nitrogen and oxygen atoms in total. The van der Waals surface area contributed by atoms with Gasteiger partial charge in [-0.3, -0.25) is 14.4 Å². The second kappa shape index (κ2) is 7.96. The van der Waals surface area contributed by atoms with Crippen molar-refractivity contribution in [2.75, 3.05) is 16.8 Å². The van der Waals surface area contributed by atoms with Gasteiger partial charge in [-0.25, -0.2) is 0 Å². The monoisotopic (exact) mass is 382 g/mol. The molecule has 2 aromatic carbocycles. The Balaban J connectivity index is 1.69. The third kappa shape index (κ3) is 4.39. The van der Waals surface area contributed by atoms with Gasteiger partial charge >= 0.3 is 0 Å². The fourth-order valence-electron chi connectivity index (χ4n) is 3.19. The van der Waals surface area contributed by atoms with Crippen LogP contribution in [0.4, 0.5) is 11.4 Å². The summed E-state index contributed by atoms with van der Waals surface area (Å²) >= 11 is 1.49. The molecule has 140 valence electrons. The third-order valence-corrected chi connectivity index (χ3v) is 5.61. The van der Waals surface area contributed by atoms with Crippen LogP contribution < -0.4 is 10.2 Å². The zero-order valence-electron chi connectivity index (χ0n) is 15.6. The minimum absolute atomic E-state index is 0.0273. The van der Waals surface area contributed by atoms with Crippen LogP contribution in [0.1, 0.15) is 36.7 Å². The van der Waals surface area contributed by atoms with Crippen molar-refractivity contribution in [3.05, 3.63) is 53.6 Å². The Labute approximate surface area is 163 Å². The van der Waals surface area contributed by atoms with Crippen molar-refractivity contribution in [2.24, 2.45) is 0 Å². The molecule has 3 rings (SSSR count). The molecule has 0 radical (unpaired) electrons. The third-order valence-electron chi connectivity index (χ3n) is 4.50. The Morgan fingerprint density at radius 2 is 1.78 bits per heavy atom. The van der Waals surface area contributed by atoms with Crippen LogP contribution in [0.15, 0.2) is 47.4 Å². The van der Waals surface area contributed by atoms with E-state index in [9.17, 15) is 14.4 Å². The number of Topliss-reactive ketones (excluding diaryl/α,β-unsaturated/α-hetero) is 1. The van der Waals surface area contributed by atoms with Crippen molar-refractivity contribution in [1.82, 2.24) is 0 Å². The largest absolute Gasteiger partial charge is 0.326 e. The maximum Gasteiger partial charge on any atom is 0.223 e. The summed E-state index contributed by atoms with van der Waals surface area (Å²) in [7, 11) is 0. The van der Waals surface area contributed by atoms with E-state index in [-0.39, 0.29) is 22.8 Å². The van der Waals surface area contributed by atoms with E-state index in [1.165, 1.54) is 18.7 Å². The first-order valence-corrected chi connectivity index (χ1v) is 9.72. The number of hydrogen-bond donors (Lipinski definition) is 1. The topological polar surface area (TPSA) is 66.5 Å². The van der Waals surface area contributed by atoms with E-state index in [0.29, 0.717) is 12.1 Å². The van der Waals surface area contributed by atoms with E-state index in [1.54, 1.807) is 17.9 Å². The number of carbonyl (C=O) groups excluding carboxylic acids is 3. The Hall–Kier alpha value is -2.60. The van der Waals surface area contributed by atoms with Crippen molar-refractivity contribution in [2.45, 2.75) is 37.3 Å². The molecular formula is C21H22N2O3S. The second-order valence-electron chi connectivity index (χ2n) is 6.59. The van der Waals surface area contributed by atoms with Gasteiger partial charge < -0.3 is 10.2 Å². The highest BCUT2D eigenvalue weighted by atomic mass is 32.2. The average Bonchev–Trinajstić information content (AvgIpc) is 3.05. The predicted molar refractivity (Wildman–Crippen MR) is 109 cm³/mol. The summed E-state index contributed by atoms with van der Waals surface area (Å²) in [5, 5.41) is 2.49. The number of benzene rings is 2. The minimum atomic E-state index is -0.236. The quantitative estimate of drug-likeness (QED) is 0.629. The minimum Gasteiger partial charge on any atom is -0.326 e. The van der Waals surface area contributed by atoms with E-state index < -0.39 is 0 Å². The van der Waals surface area contributed by atoms with Gasteiger partial charge in [0.15, 0.2) is 5.78 Å². The van der Waals surface area contributed by atoms with Crippen LogP contribution in [0.3, 0.4) is 0 Å². The van der Waals surface area contributed by atoms with Gasteiger partial charge in [0.25, 0.3) is 0 Å². The number of fused-ring (bicyclic) bond motifs is 1. The summed E-state index contributed by atoms with van der Waals surface area (Å²) in [6.45, 7) is 5.59. The van der Waals surface area contributed by atoms with Crippen molar-refractivity contribution in [3.8, 4) is 0 Å². The molecule has 0 fully saturated rings. The maximum atomic E-state index is 12.8. The van der Waals surface area contributed by atoms with Crippen LogP contribution in [0, 0.1) is 0 Å². The molecule has 1 heterocycles. The standard InChI is InChI=1S/C21H22N2O3S/c1-13(27-19-7-5-18(6-8-19)22-14(2)24)21(26)17-4-9-20-16(12-17)10-11-23(20)15(3)25/h4-9,12-13H,10-11H2,1-3H3,(H,22,24). The molecule has 1 N–H and O–H groups in total. The molecule has 1 aliphatic rings. The van der Waals surface area contributed by atoms with E-state index in [2.05, 4.69) is 5.32 Å². The zero-order valence-corrected chi connectivity index (χ0v) is 16.4. The molecule has 0 bridgehead atoms. The van der Waals surface area contributed by atoms with E-state index in [1.807, 2.05) is 43.3 Å². The molecule has 0 saturated heterocycles. The molecular weight excluding hydrogens is 360 g/mol. The molecule has 2 aromatic rings. The molecule has 1 atom stereocenters. The number of nitrogens with one attached hydrogen (secondary N) is 1. The van der Waals surface area contributed by atoms with Crippen LogP contribution in [-0.4, -0.2) is 29.4 Å². The van der Waals surface area contributed by atoms with Gasteiger partial charge in [0.05, 0.1) is 5.25 Å². The van der Waals surface area contributed by atoms with Crippen LogP contribution in [0.5, 0.6) is 0 Å². The number of thioether (sulfide) groups is 1. The summed E-state index contributed by atoms with van der Waals surface area (Å²) in [5.41, 5.74) is 3.37. The molecule has 1 aliphatic heterocycles. The van der Waals surface area contributed by atoms with Gasteiger partial charge in [-0.15, -0.1) is 11.8 Å². The molecule has 0 saturated carbocycles. The van der Waals surface area contributed by atoms with Gasteiger partial charge in [-0.1, -0.05) is 0 Å². The fraction of sp³-hybridized carbons (Fsp3) is 0.286. The van der Waals surface area contributed by atoms with Gasteiger partial charge in [-0.05, 0) is 61.4 Å². The van der Waals surface area contributed by atoms with Crippen molar-refractivity contribution < 1.29 is 14.4 Å². The van der Waals surface area contributed by atoms with E-state index >= 15 is 0 Å². The number of amides is 2. The number of carbonyl (C=O) groups is 3. The van der Waals surface area contributed by atoms with Crippen LogP contribution in [0.25, 0.3) is 0 Å². The highest BCUT2D eigenvalue weighted by Crippen LogP contribution is 2.31. The van der Waals surface area contributed by atoms with Gasteiger partial charge in [0.2, 0.25) is 11.8 Å². The lowest BCUT2D eigenvalue weighted by molar-refractivity contribution is -0.116. The number of rotatable bonds is 5. The number of hydrogen-bond acceptors (Lipinski definition) is 4. The number of anilines is 2. The van der Waals surface area contributed by atoms with Crippen molar-refractivity contribution >= 4 is 40.7 Å². The highest BCUT2D eigenvalue weighted by Gasteiger charge is 2.24. The average molecular weight is 382 g/mol. The Morgan fingerprint density at radius 1 is 1.07 bits per heavy atom. The fourth-order valence-corrected chi connectivity index (χ4v) is 4.14. The van der Waals surface area contributed by atoms with Crippen molar-refractivity contribution in [1.29, 1.82) is 0 Å². The first-order chi connectivity index (χ1) is 12.8. The SMILES string of the molecule is CC(=O)Nc1ccc(SC(C)C(=O)c2ccc3c(c2)CCN3C(C)=O)cc1.